The standard InChI is InChI=1S/C16H31NO2.C7H16N2O2/c1-5-6-7-11-14(3)16(19)17-12-9-8-10-13(2)15(4)18;1-9-5-3-2-4-6(8)7(10)11/h13-14H,5-12H2,1-4H3,(H,17,19);6,9H,2-5,8H2,1H3,(H,10,11). The molecule has 0 saturated carbocycles. The van der Waals surface area contributed by atoms with Crippen molar-refractivity contribution in [2.45, 2.75) is 97.9 Å². The Morgan fingerprint density at radius 1 is 0.867 bits per heavy atom. The molecule has 0 heterocycles. The predicted molar refractivity (Wildman–Crippen MR) is 123 cm³/mol. The first-order chi connectivity index (χ1) is 14.2. The maximum atomic E-state index is 11.8. The Bertz CT molecular complexity index is 458. The van der Waals surface area contributed by atoms with Gasteiger partial charge in [0, 0.05) is 18.4 Å². The molecule has 1 amide bonds. The van der Waals surface area contributed by atoms with E-state index < -0.39 is 12.0 Å². The first-order valence-electron chi connectivity index (χ1n) is 11.6. The van der Waals surface area contributed by atoms with E-state index in [1.165, 1.54) is 12.8 Å². The fourth-order valence-electron chi connectivity index (χ4n) is 2.79. The molecule has 178 valence electrons. The zero-order chi connectivity index (χ0) is 23.4. The summed E-state index contributed by atoms with van der Waals surface area (Å²) in [6, 6.07) is -0.688. The van der Waals surface area contributed by atoms with E-state index in [1.807, 2.05) is 20.9 Å². The highest BCUT2D eigenvalue weighted by molar-refractivity contribution is 5.78. The third-order valence-electron chi connectivity index (χ3n) is 5.25. The molecule has 30 heavy (non-hydrogen) atoms. The number of aliphatic carboxylic acids is 1. The van der Waals surface area contributed by atoms with Crippen molar-refractivity contribution in [3.63, 3.8) is 0 Å². The molecule has 0 saturated heterocycles. The van der Waals surface area contributed by atoms with Gasteiger partial charge in [0.15, 0.2) is 0 Å². The summed E-state index contributed by atoms with van der Waals surface area (Å²) in [6.45, 7) is 9.45. The average molecular weight is 430 g/mol. The minimum absolute atomic E-state index is 0.127. The first kappa shape index (κ1) is 30.7. The maximum Gasteiger partial charge on any atom is 0.320 e. The summed E-state index contributed by atoms with van der Waals surface area (Å²) in [6.07, 6.45) is 9.85. The van der Waals surface area contributed by atoms with E-state index in [2.05, 4.69) is 17.6 Å². The van der Waals surface area contributed by atoms with Crippen LogP contribution in [0.5, 0.6) is 0 Å². The normalized spacial score (nSPS) is 13.5. The summed E-state index contributed by atoms with van der Waals surface area (Å²) in [5.41, 5.74) is 5.28. The van der Waals surface area contributed by atoms with Gasteiger partial charge >= 0.3 is 5.97 Å². The lowest BCUT2D eigenvalue weighted by atomic mass is 10.0. The summed E-state index contributed by atoms with van der Waals surface area (Å²) in [5.74, 6) is -0.190. The number of amides is 1. The van der Waals surface area contributed by atoms with Crippen LogP contribution < -0.4 is 16.4 Å². The number of hydrogen-bond donors (Lipinski definition) is 4. The molecule has 0 radical (unpaired) electrons. The minimum Gasteiger partial charge on any atom is -0.480 e. The third-order valence-corrected chi connectivity index (χ3v) is 5.25. The van der Waals surface area contributed by atoms with Gasteiger partial charge in [-0.1, -0.05) is 52.9 Å². The molecule has 0 aromatic heterocycles. The van der Waals surface area contributed by atoms with Crippen LogP contribution >= 0.6 is 0 Å². The van der Waals surface area contributed by atoms with Crippen molar-refractivity contribution in [2.24, 2.45) is 17.6 Å². The van der Waals surface area contributed by atoms with Crippen molar-refractivity contribution in [1.82, 2.24) is 10.6 Å². The molecule has 0 aliphatic rings. The molecule has 0 aromatic rings. The van der Waals surface area contributed by atoms with Gasteiger partial charge in [0.2, 0.25) is 5.91 Å². The number of carboxylic acid groups (broad SMARTS) is 1. The highest BCUT2D eigenvalue weighted by Gasteiger charge is 2.12. The Morgan fingerprint density at radius 3 is 1.93 bits per heavy atom. The third kappa shape index (κ3) is 19.8. The molecule has 7 heteroatoms. The van der Waals surface area contributed by atoms with Gasteiger partial charge in [-0.2, -0.15) is 0 Å². The Labute approximate surface area is 183 Å². The molecule has 0 fully saturated rings. The van der Waals surface area contributed by atoms with E-state index in [1.54, 1.807) is 6.92 Å². The van der Waals surface area contributed by atoms with Crippen molar-refractivity contribution in [3.8, 4) is 0 Å². The van der Waals surface area contributed by atoms with Gasteiger partial charge in [-0.3, -0.25) is 14.4 Å². The molecule has 0 aromatic carbocycles. The second-order valence-corrected chi connectivity index (χ2v) is 8.24. The van der Waals surface area contributed by atoms with Crippen LogP contribution in [0.25, 0.3) is 0 Å². The van der Waals surface area contributed by atoms with E-state index in [4.69, 9.17) is 10.8 Å². The molecule has 7 nitrogen and oxygen atoms in total. The number of carbonyl (C=O) groups excluding carboxylic acids is 2. The largest absolute Gasteiger partial charge is 0.480 e. The van der Waals surface area contributed by atoms with Gasteiger partial charge in [0.25, 0.3) is 0 Å². The zero-order valence-corrected chi connectivity index (χ0v) is 20.0. The van der Waals surface area contributed by atoms with Crippen LogP contribution in [0.4, 0.5) is 0 Å². The smallest absolute Gasteiger partial charge is 0.320 e. The molecule has 3 unspecified atom stereocenters. The van der Waals surface area contributed by atoms with Crippen LogP contribution in [0.1, 0.15) is 91.9 Å². The number of Topliss-reactive ketones (excluding diaryl/α,β-unsaturated/α-hetero) is 1. The minimum atomic E-state index is -0.908. The fraction of sp³-hybridized carbons (Fsp3) is 0.870. The Morgan fingerprint density at radius 2 is 1.40 bits per heavy atom. The summed E-state index contributed by atoms with van der Waals surface area (Å²) < 4.78 is 0. The molecule has 0 aliphatic heterocycles. The highest BCUT2D eigenvalue weighted by atomic mass is 16.4. The van der Waals surface area contributed by atoms with E-state index in [0.717, 1.165) is 58.0 Å². The Balaban J connectivity index is 0. The molecule has 5 N–H and O–H groups in total. The van der Waals surface area contributed by atoms with Gasteiger partial charge in [-0.05, 0) is 52.6 Å². The van der Waals surface area contributed by atoms with Crippen molar-refractivity contribution in [2.75, 3.05) is 20.1 Å². The molecule has 0 bridgehead atoms. The number of nitrogens with one attached hydrogen (secondary N) is 2. The summed E-state index contributed by atoms with van der Waals surface area (Å²) in [5, 5.41) is 14.4. The summed E-state index contributed by atoms with van der Waals surface area (Å²) in [4.78, 5) is 33.1. The second kappa shape index (κ2) is 20.8. The van der Waals surface area contributed by atoms with Crippen LogP contribution in [-0.4, -0.2) is 48.9 Å². The highest BCUT2D eigenvalue weighted by Crippen LogP contribution is 2.10. The molecular weight excluding hydrogens is 382 g/mol. The van der Waals surface area contributed by atoms with Gasteiger partial charge in [-0.25, -0.2) is 0 Å². The SMILES string of the molecule is CCCCCC(C)C(=O)NCCCCC(C)C(C)=O.CNCCCCC(N)C(=O)O. The summed E-state index contributed by atoms with van der Waals surface area (Å²) in [7, 11) is 1.87. The van der Waals surface area contributed by atoms with Crippen molar-refractivity contribution in [3.05, 3.63) is 0 Å². The van der Waals surface area contributed by atoms with E-state index >= 15 is 0 Å². The van der Waals surface area contributed by atoms with Gasteiger partial charge in [-0.15, -0.1) is 0 Å². The molecule has 0 spiro atoms. The number of ketones is 1. The van der Waals surface area contributed by atoms with Gasteiger partial charge in [0.05, 0.1) is 0 Å². The topological polar surface area (TPSA) is 122 Å². The average Bonchev–Trinajstić information content (AvgIpc) is 2.70. The fourth-order valence-corrected chi connectivity index (χ4v) is 2.79. The van der Waals surface area contributed by atoms with Crippen LogP contribution in [0.3, 0.4) is 0 Å². The number of unbranched alkanes of at least 4 members (excludes halogenated alkanes) is 4. The van der Waals surface area contributed by atoms with Crippen LogP contribution in [0, 0.1) is 11.8 Å². The lowest BCUT2D eigenvalue weighted by Gasteiger charge is -2.12. The molecule has 3 atom stereocenters. The van der Waals surface area contributed by atoms with Crippen molar-refractivity contribution in [1.29, 1.82) is 0 Å². The number of rotatable bonds is 17. The van der Waals surface area contributed by atoms with Crippen molar-refractivity contribution >= 4 is 17.7 Å². The van der Waals surface area contributed by atoms with Crippen LogP contribution in [0.2, 0.25) is 0 Å². The first-order valence-corrected chi connectivity index (χ1v) is 11.6. The summed E-state index contributed by atoms with van der Waals surface area (Å²) >= 11 is 0. The maximum absolute atomic E-state index is 11.8. The number of nitrogens with two attached hydrogens (primary N) is 1. The lowest BCUT2D eigenvalue weighted by Crippen LogP contribution is -2.30. The van der Waals surface area contributed by atoms with Crippen molar-refractivity contribution < 1.29 is 19.5 Å². The van der Waals surface area contributed by atoms with E-state index in [9.17, 15) is 14.4 Å². The lowest BCUT2D eigenvalue weighted by molar-refractivity contribution is -0.138. The predicted octanol–water partition coefficient (Wildman–Crippen LogP) is 3.50. The number of carbonyl (C=O) groups is 3. The molecule has 0 rings (SSSR count). The van der Waals surface area contributed by atoms with Gasteiger partial charge < -0.3 is 21.5 Å². The number of hydrogen-bond acceptors (Lipinski definition) is 5. The van der Waals surface area contributed by atoms with Crippen LogP contribution in [-0.2, 0) is 14.4 Å². The zero-order valence-electron chi connectivity index (χ0n) is 20.0. The van der Waals surface area contributed by atoms with Crippen LogP contribution in [0.15, 0.2) is 0 Å². The Kier molecular flexibility index (Phi) is 21.3. The second-order valence-electron chi connectivity index (χ2n) is 8.24. The van der Waals surface area contributed by atoms with E-state index in [-0.39, 0.29) is 23.5 Å². The monoisotopic (exact) mass is 429 g/mol. The quantitative estimate of drug-likeness (QED) is 0.263. The van der Waals surface area contributed by atoms with E-state index in [0.29, 0.717) is 6.42 Å². The Hall–Kier alpha value is -1.47. The number of carboxylic acids is 1. The molecular formula is C23H47N3O4. The van der Waals surface area contributed by atoms with Gasteiger partial charge in [0.1, 0.15) is 11.8 Å². The molecule has 0 aliphatic carbocycles.